The van der Waals surface area contributed by atoms with Gasteiger partial charge in [-0.3, -0.25) is 9.69 Å². The smallest absolute Gasteiger partial charge is 0.225 e. The minimum absolute atomic E-state index is 0.0567. The molecule has 0 aliphatic heterocycles. The molecule has 1 aliphatic rings. The lowest BCUT2D eigenvalue weighted by Gasteiger charge is -2.33. The van der Waals surface area contributed by atoms with E-state index in [-0.39, 0.29) is 5.91 Å². The normalized spacial score (nSPS) is 25.8. The van der Waals surface area contributed by atoms with Crippen LogP contribution in [0, 0.1) is 11.8 Å². The minimum atomic E-state index is 0.0567. The van der Waals surface area contributed by atoms with Gasteiger partial charge in [-0.15, -0.1) is 11.3 Å². The molecule has 1 heterocycles. The molecule has 21 heavy (non-hydrogen) atoms. The number of hydrogen-bond donors (Lipinski definition) is 1. The molecule has 1 N–H and O–H groups in total. The maximum Gasteiger partial charge on any atom is 0.225 e. The minimum Gasteiger partial charge on any atom is -0.308 e. The first kappa shape index (κ1) is 16.4. The van der Waals surface area contributed by atoms with E-state index in [1.165, 1.54) is 19.3 Å². The zero-order chi connectivity index (χ0) is 15.4. The van der Waals surface area contributed by atoms with Gasteiger partial charge in [0.2, 0.25) is 5.91 Å². The maximum atomic E-state index is 11.5. The Morgan fingerprint density at radius 2 is 2.24 bits per heavy atom. The molecule has 1 aromatic heterocycles. The number of anilines is 1. The number of aromatic nitrogens is 1. The van der Waals surface area contributed by atoms with Crippen molar-refractivity contribution in [2.24, 2.45) is 11.8 Å². The van der Waals surface area contributed by atoms with Crippen molar-refractivity contribution in [3.8, 4) is 0 Å². The van der Waals surface area contributed by atoms with Crippen LogP contribution in [0.25, 0.3) is 0 Å². The predicted molar refractivity (Wildman–Crippen MR) is 88.6 cm³/mol. The van der Waals surface area contributed by atoms with Crippen molar-refractivity contribution < 1.29 is 4.79 Å². The Balaban J connectivity index is 1.89. The number of hydrogen-bond acceptors (Lipinski definition) is 4. The van der Waals surface area contributed by atoms with E-state index in [2.05, 4.69) is 29.5 Å². The topological polar surface area (TPSA) is 45.2 Å². The average molecular weight is 309 g/mol. The molecule has 2 rings (SSSR count). The van der Waals surface area contributed by atoms with Crippen LogP contribution in [-0.4, -0.2) is 23.5 Å². The van der Waals surface area contributed by atoms with Gasteiger partial charge in [-0.05, 0) is 38.0 Å². The van der Waals surface area contributed by atoms with Gasteiger partial charge < -0.3 is 5.32 Å². The third kappa shape index (κ3) is 4.27. The third-order valence-electron chi connectivity index (χ3n) is 4.44. The Kier molecular flexibility index (Phi) is 5.76. The Morgan fingerprint density at radius 1 is 1.48 bits per heavy atom. The summed E-state index contributed by atoms with van der Waals surface area (Å²) >= 11 is 1.55. The molecule has 1 aromatic rings. The van der Waals surface area contributed by atoms with E-state index in [4.69, 9.17) is 0 Å². The SMILES string of the molecule is CCN(C(C)=O)c1nc(CNC2CCC(C)CC2C)cs1. The lowest BCUT2D eigenvalue weighted by atomic mass is 9.80. The summed E-state index contributed by atoms with van der Waals surface area (Å²) < 4.78 is 0. The van der Waals surface area contributed by atoms with Crippen LogP contribution in [0.4, 0.5) is 5.13 Å². The van der Waals surface area contributed by atoms with Crippen LogP contribution in [0.2, 0.25) is 0 Å². The van der Waals surface area contributed by atoms with Crippen molar-refractivity contribution in [1.29, 1.82) is 0 Å². The van der Waals surface area contributed by atoms with Crippen molar-refractivity contribution in [1.82, 2.24) is 10.3 Å². The molecule has 1 amide bonds. The molecule has 1 fully saturated rings. The first-order valence-electron chi connectivity index (χ1n) is 7.97. The maximum absolute atomic E-state index is 11.5. The molecule has 118 valence electrons. The van der Waals surface area contributed by atoms with Gasteiger partial charge in [-0.25, -0.2) is 4.98 Å². The van der Waals surface area contributed by atoms with Gasteiger partial charge in [0.1, 0.15) is 0 Å². The van der Waals surface area contributed by atoms with Gasteiger partial charge in [0.25, 0.3) is 0 Å². The van der Waals surface area contributed by atoms with Crippen LogP contribution < -0.4 is 10.2 Å². The van der Waals surface area contributed by atoms with E-state index in [1.54, 1.807) is 23.2 Å². The van der Waals surface area contributed by atoms with Crippen molar-refractivity contribution in [2.75, 3.05) is 11.4 Å². The molecule has 0 radical (unpaired) electrons. The Bertz CT molecular complexity index is 474. The number of nitrogens with zero attached hydrogens (tertiary/aromatic N) is 2. The summed E-state index contributed by atoms with van der Waals surface area (Å²) in [5.41, 5.74) is 1.04. The molecular weight excluding hydrogens is 282 g/mol. The summed E-state index contributed by atoms with van der Waals surface area (Å²) in [6.45, 7) is 9.73. The highest BCUT2D eigenvalue weighted by Gasteiger charge is 2.25. The van der Waals surface area contributed by atoms with E-state index in [0.717, 1.165) is 29.2 Å². The van der Waals surface area contributed by atoms with E-state index >= 15 is 0 Å². The zero-order valence-corrected chi connectivity index (χ0v) is 14.4. The second kappa shape index (κ2) is 7.36. The first-order chi connectivity index (χ1) is 10.0. The zero-order valence-electron chi connectivity index (χ0n) is 13.6. The van der Waals surface area contributed by atoms with E-state index in [9.17, 15) is 4.79 Å². The van der Waals surface area contributed by atoms with Gasteiger partial charge >= 0.3 is 0 Å². The highest BCUT2D eigenvalue weighted by atomic mass is 32.1. The lowest BCUT2D eigenvalue weighted by molar-refractivity contribution is -0.116. The Labute approximate surface area is 132 Å². The van der Waals surface area contributed by atoms with Crippen molar-refractivity contribution in [3.63, 3.8) is 0 Å². The quantitative estimate of drug-likeness (QED) is 0.906. The second-order valence-corrected chi connectivity index (χ2v) is 7.10. The van der Waals surface area contributed by atoms with Crippen LogP contribution in [0.1, 0.15) is 52.7 Å². The summed E-state index contributed by atoms with van der Waals surface area (Å²) in [5, 5.41) is 6.52. The summed E-state index contributed by atoms with van der Waals surface area (Å²) in [7, 11) is 0. The standard InChI is InChI=1S/C16H27N3OS/c1-5-19(13(4)20)16-18-14(10-21-16)9-17-15-7-6-11(2)8-12(15)3/h10-12,15,17H,5-9H2,1-4H3. The molecule has 1 aliphatic carbocycles. The van der Waals surface area contributed by atoms with Crippen LogP contribution >= 0.6 is 11.3 Å². The van der Waals surface area contributed by atoms with Gasteiger partial charge in [-0.2, -0.15) is 0 Å². The summed E-state index contributed by atoms with van der Waals surface area (Å²) in [6, 6.07) is 0.599. The largest absolute Gasteiger partial charge is 0.308 e. The second-order valence-electron chi connectivity index (χ2n) is 6.27. The molecule has 1 saturated carbocycles. The fourth-order valence-electron chi connectivity index (χ4n) is 3.20. The van der Waals surface area contributed by atoms with Crippen molar-refractivity contribution in [2.45, 2.75) is 59.5 Å². The Hall–Kier alpha value is -0.940. The monoisotopic (exact) mass is 309 g/mol. The number of carbonyl (C=O) groups is 1. The van der Waals surface area contributed by atoms with Crippen LogP contribution in [0.5, 0.6) is 0 Å². The van der Waals surface area contributed by atoms with Crippen molar-refractivity contribution >= 4 is 22.4 Å². The number of thiazole rings is 1. The van der Waals surface area contributed by atoms with E-state index < -0.39 is 0 Å². The highest BCUT2D eigenvalue weighted by molar-refractivity contribution is 7.14. The van der Waals surface area contributed by atoms with Gasteiger partial charge in [0.15, 0.2) is 5.13 Å². The molecule has 3 unspecified atom stereocenters. The highest BCUT2D eigenvalue weighted by Crippen LogP contribution is 2.29. The van der Waals surface area contributed by atoms with Crippen LogP contribution in [-0.2, 0) is 11.3 Å². The summed E-state index contributed by atoms with van der Waals surface area (Å²) in [5.74, 6) is 1.65. The molecule has 0 bridgehead atoms. The number of amides is 1. The van der Waals surface area contributed by atoms with Crippen LogP contribution in [0.3, 0.4) is 0 Å². The first-order valence-corrected chi connectivity index (χ1v) is 8.85. The number of carbonyl (C=O) groups excluding carboxylic acids is 1. The van der Waals surface area contributed by atoms with Crippen molar-refractivity contribution in [3.05, 3.63) is 11.1 Å². The van der Waals surface area contributed by atoms with Crippen LogP contribution in [0.15, 0.2) is 5.38 Å². The lowest BCUT2D eigenvalue weighted by Crippen LogP contribution is -2.38. The molecule has 3 atom stereocenters. The fourth-order valence-corrected chi connectivity index (χ4v) is 4.13. The fraction of sp³-hybridized carbons (Fsp3) is 0.750. The molecule has 0 spiro atoms. The summed E-state index contributed by atoms with van der Waals surface area (Å²) in [6.07, 6.45) is 3.89. The number of rotatable bonds is 5. The molecule has 0 aromatic carbocycles. The van der Waals surface area contributed by atoms with Gasteiger partial charge in [0.05, 0.1) is 5.69 Å². The molecule has 0 saturated heterocycles. The predicted octanol–water partition coefficient (Wildman–Crippen LogP) is 3.43. The third-order valence-corrected chi connectivity index (χ3v) is 5.36. The average Bonchev–Trinajstić information content (AvgIpc) is 2.87. The van der Waals surface area contributed by atoms with Gasteiger partial charge in [0, 0.05) is 31.4 Å². The Morgan fingerprint density at radius 3 is 2.86 bits per heavy atom. The van der Waals surface area contributed by atoms with Gasteiger partial charge in [-0.1, -0.05) is 13.8 Å². The van der Waals surface area contributed by atoms with E-state index in [1.807, 2.05) is 6.92 Å². The molecular formula is C16H27N3OS. The number of nitrogens with one attached hydrogen (secondary N) is 1. The van der Waals surface area contributed by atoms with E-state index in [0.29, 0.717) is 12.6 Å². The summed E-state index contributed by atoms with van der Waals surface area (Å²) in [4.78, 5) is 17.9. The molecule has 5 heteroatoms. The molecule has 4 nitrogen and oxygen atoms in total.